The number of carbonyl (C=O) groups excluding carboxylic acids is 2. The Morgan fingerprint density at radius 1 is 1.38 bits per heavy atom. The quantitative estimate of drug-likeness (QED) is 0.914. The van der Waals surface area contributed by atoms with E-state index in [-0.39, 0.29) is 18.4 Å². The topological polar surface area (TPSA) is 58.6 Å². The van der Waals surface area contributed by atoms with Crippen LogP contribution in [0.4, 0.5) is 4.39 Å². The van der Waals surface area contributed by atoms with Crippen LogP contribution in [-0.2, 0) is 16.1 Å². The molecule has 2 amide bonds. The van der Waals surface area contributed by atoms with Gasteiger partial charge < -0.3 is 15.0 Å². The number of nitrogens with zero attached hydrogens (tertiary/aromatic N) is 1. The lowest BCUT2D eigenvalue weighted by Gasteiger charge is -2.37. The van der Waals surface area contributed by atoms with Gasteiger partial charge in [-0.2, -0.15) is 0 Å². The SMILES string of the molecule is CCC1C(=O)NC(C)C(=O)N1Cc1ccc(OC)cc1F. The average molecular weight is 294 g/mol. The summed E-state index contributed by atoms with van der Waals surface area (Å²) in [6.07, 6.45) is 0.488. The van der Waals surface area contributed by atoms with Gasteiger partial charge >= 0.3 is 0 Å². The van der Waals surface area contributed by atoms with Gasteiger partial charge in [0.15, 0.2) is 0 Å². The van der Waals surface area contributed by atoms with Crippen molar-refractivity contribution in [2.45, 2.75) is 38.9 Å². The molecule has 2 unspecified atom stereocenters. The summed E-state index contributed by atoms with van der Waals surface area (Å²) < 4.78 is 19.0. The van der Waals surface area contributed by atoms with Crippen molar-refractivity contribution in [1.29, 1.82) is 0 Å². The number of halogens is 1. The van der Waals surface area contributed by atoms with Crippen molar-refractivity contribution in [3.05, 3.63) is 29.6 Å². The minimum absolute atomic E-state index is 0.0743. The van der Waals surface area contributed by atoms with Crippen LogP contribution in [0.5, 0.6) is 5.75 Å². The lowest BCUT2D eigenvalue weighted by atomic mass is 10.0. The number of piperazine rings is 1. The number of carbonyl (C=O) groups is 2. The number of hydrogen-bond donors (Lipinski definition) is 1. The third-order valence-corrected chi connectivity index (χ3v) is 3.68. The van der Waals surface area contributed by atoms with Gasteiger partial charge in [0, 0.05) is 18.2 Å². The monoisotopic (exact) mass is 294 g/mol. The largest absolute Gasteiger partial charge is 0.497 e. The highest BCUT2D eigenvalue weighted by Gasteiger charge is 2.37. The standard InChI is InChI=1S/C15H19FN2O3/c1-4-13-14(19)17-9(2)15(20)18(13)8-10-5-6-11(21-3)7-12(10)16/h5-7,9,13H,4,8H2,1-3H3,(H,17,19). The van der Waals surface area contributed by atoms with Crippen LogP contribution in [0.1, 0.15) is 25.8 Å². The normalized spacial score (nSPS) is 22.2. The predicted molar refractivity (Wildman–Crippen MR) is 75.2 cm³/mol. The molecule has 21 heavy (non-hydrogen) atoms. The van der Waals surface area contributed by atoms with E-state index in [9.17, 15) is 14.0 Å². The van der Waals surface area contributed by atoms with Crippen molar-refractivity contribution in [2.75, 3.05) is 7.11 Å². The van der Waals surface area contributed by atoms with Crippen LogP contribution >= 0.6 is 0 Å². The van der Waals surface area contributed by atoms with Gasteiger partial charge in [-0.05, 0) is 19.4 Å². The fourth-order valence-electron chi connectivity index (χ4n) is 2.48. The summed E-state index contributed by atoms with van der Waals surface area (Å²) >= 11 is 0. The molecule has 2 atom stereocenters. The summed E-state index contributed by atoms with van der Waals surface area (Å²) in [5, 5.41) is 2.63. The summed E-state index contributed by atoms with van der Waals surface area (Å²) in [4.78, 5) is 25.6. The van der Waals surface area contributed by atoms with Crippen LogP contribution in [0.25, 0.3) is 0 Å². The van der Waals surface area contributed by atoms with Crippen molar-refractivity contribution in [3.63, 3.8) is 0 Å². The Balaban J connectivity index is 2.26. The molecule has 1 saturated heterocycles. The van der Waals surface area contributed by atoms with Crippen LogP contribution < -0.4 is 10.1 Å². The zero-order valence-corrected chi connectivity index (χ0v) is 12.4. The molecule has 2 rings (SSSR count). The van der Waals surface area contributed by atoms with Crippen LogP contribution in [0.3, 0.4) is 0 Å². The molecular weight excluding hydrogens is 275 g/mol. The maximum absolute atomic E-state index is 14.0. The molecule has 1 aliphatic heterocycles. The van der Waals surface area contributed by atoms with Crippen LogP contribution in [0, 0.1) is 5.82 Å². The molecule has 0 radical (unpaired) electrons. The number of amides is 2. The number of benzene rings is 1. The highest BCUT2D eigenvalue weighted by atomic mass is 19.1. The average Bonchev–Trinajstić information content (AvgIpc) is 2.46. The molecule has 5 nitrogen and oxygen atoms in total. The molecule has 6 heteroatoms. The minimum atomic E-state index is -0.582. The van der Waals surface area contributed by atoms with Gasteiger partial charge in [-0.1, -0.05) is 13.0 Å². The third-order valence-electron chi connectivity index (χ3n) is 3.68. The highest BCUT2D eigenvalue weighted by molar-refractivity contribution is 5.96. The van der Waals surface area contributed by atoms with Gasteiger partial charge in [0.25, 0.3) is 0 Å². The smallest absolute Gasteiger partial charge is 0.245 e. The van der Waals surface area contributed by atoms with Gasteiger partial charge in [0.05, 0.1) is 7.11 Å². The first kappa shape index (κ1) is 15.3. The van der Waals surface area contributed by atoms with Crippen LogP contribution in [0.2, 0.25) is 0 Å². The lowest BCUT2D eigenvalue weighted by molar-refractivity contribution is -0.149. The minimum Gasteiger partial charge on any atom is -0.497 e. The van der Waals surface area contributed by atoms with E-state index in [1.807, 2.05) is 6.92 Å². The van der Waals surface area contributed by atoms with Gasteiger partial charge in [-0.25, -0.2) is 4.39 Å². The first-order valence-corrected chi connectivity index (χ1v) is 6.91. The fraction of sp³-hybridized carbons (Fsp3) is 0.467. The molecule has 1 N–H and O–H groups in total. The Bertz CT molecular complexity index is 562. The molecule has 1 aliphatic rings. The van der Waals surface area contributed by atoms with Crippen molar-refractivity contribution in [1.82, 2.24) is 10.2 Å². The molecule has 1 fully saturated rings. The third kappa shape index (κ3) is 2.99. The van der Waals surface area contributed by atoms with E-state index in [4.69, 9.17) is 4.74 Å². The van der Waals surface area contributed by atoms with E-state index in [0.29, 0.717) is 17.7 Å². The maximum Gasteiger partial charge on any atom is 0.245 e. The number of methoxy groups -OCH3 is 1. The van der Waals surface area contributed by atoms with E-state index in [2.05, 4.69) is 5.32 Å². The number of hydrogen-bond acceptors (Lipinski definition) is 3. The maximum atomic E-state index is 14.0. The first-order chi connectivity index (χ1) is 9.97. The van der Waals surface area contributed by atoms with Gasteiger partial charge in [-0.15, -0.1) is 0 Å². The number of rotatable bonds is 4. The van der Waals surface area contributed by atoms with E-state index in [1.54, 1.807) is 19.1 Å². The van der Waals surface area contributed by atoms with Gasteiger partial charge in [0.1, 0.15) is 23.7 Å². The Morgan fingerprint density at radius 3 is 2.67 bits per heavy atom. The zero-order valence-electron chi connectivity index (χ0n) is 12.4. The molecule has 0 spiro atoms. The Hall–Kier alpha value is -2.11. The van der Waals surface area contributed by atoms with Crippen LogP contribution in [-0.4, -0.2) is 35.9 Å². The van der Waals surface area contributed by atoms with E-state index >= 15 is 0 Å². The summed E-state index contributed by atoms with van der Waals surface area (Å²) in [6, 6.07) is 3.34. The summed E-state index contributed by atoms with van der Waals surface area (Å²) in [6.45, 7) is 3.53. The second kappa shape index (κ2) is 6.11. The summed E-state index contributed by atoms with van der Waals surface area (Å²) in [5.41, 5.74) is 0.365. The Kier molecular flexibility index (Phi) is 4.45. The van der Waals surface area contributed by atoms with Crippen molar-refractivity contribution in [2.24, 2.45) is 0 Å². The van der Waals surface area contributed by atoms with Crippen molar-refractivity contribution in [3.8, 4) is 5.75 Å². The molecule has 0 saturated carbocycles. The highest BCUT2D eigenvalue weighted by Crippen LogP contribution is 2.21. The van der Waals surface area contributed by atoms with E-state index < -0.39 is 17.9 Å². The van der Waals surface area contributed by atoms with Gasteiger partial charge in [-0.3, -0.25) is 9.59 Å². The molecule has 114 valence electrons. The number of ether oxygens (including phenoxy) is 1. The summed E-state index contributed by atoms with van der Waals surface area (Å²) in [5.74, 6) is -0.426. The Labute approximate surface area is 123 Å². The fourth-order valence-corrected chi connectivity index (χ4v) is 2.48. The predicted octanol–water partition coefficient (Wildman–Crippen LogP) is 1.46. The molecule has 0 bridgehead atoms. The second-order valence-electron chi connectivity index (χ2n) is 5.08. The van der Waals surface area contributed by atoms with Crippen LogP contribution in [0.15, 0.2) is 18.2 Å². The molecule has 0 aromatic heterocycles. The van der Waals surface area contributed by atoms with Crippen molar-refractivity contribution < 1.29 is 18.7 Å². The second-order valence-corrected chi connectivity index (χ2v) is 5.08. The molecule has 1 heterocycles. The summed E-state index contributed by atoms with van der Waals surface area (Å²) in [7, 11) is 1.46. The van der Waals surface area contributed by atoms with E-state index in [0.717, 1.165) is 0 Å². The molecule has 0 aliphatic carbocycles. The Morgan fingerprint density at radius 2 is 2.10 bits per heavy atom. The zero-order chi connectivity index (χ0) is 15.6. The molecular formula is C15H19FN2O3. The molecule has 1 aromatic carbocycles. The van der Waals surface area contributed by atoms with Gasteiger partial charge in [0.2, 0.25) is 11.8 Å². The molecule has 1 aromatic rings. The lowest BCUT2D eigenvalue weighted by Crippen LogP contribution is -2.61. The van der Waals surface area contributed by atoms with E-state index in [1.165, 1.54) is 18.1 Å². The number of nitrogens with one attached hydrogen (secondary N) is 1. The van der Waals surface area contributed by atoms with Crippen molar-refractivity contribution >= 4 is 11.8 Å². The first-order valence-electron chi connectivity index (χ1n) is 6.91.